The SMILES string of the molecule is CS(=O)(=O)c1cccc(C(=O)NNC(=O)c2cc(-c3ccc(Cl)cc3)nc3ccccc23)c1. The van der Waals surface area contributed by atoms with Crippen molar-refractivity contribution in [3.05, 3.63) is 95.0 Å². The first-order valence-electron chi connectivity index (χ1n) is 9.79. The van der Waals surface area contributed by atoms with Gasteiger partial charge < -0.3 is 0 Å². The maximum atomic E-state index is 13.0. The number of carbonyl (C=O) groups excluding carboxylic acids is 2. The molecular weight excluding hydrogens is 462 g/mol. The third kappa shape index (κ3) is 5.02. The number of pyridine rings is 1. The van der Waals surface area contributed by atoms with Gasteiger partial charge in [-0.3, -0.25) is 20.4 Å². The van der Waals surface area contributed by atoms with E-state index in [2.05, 4.69) is 15.8 Å². The molecule has 4 rings (SSSR count). The number of carbonyl (C=O) groups is 2. The van der Waals surface area contributed by atoms with Crippen molar-refractivity contribution >= 4 is 44.2 Å². The first-order chi connectivity index (χ1) is 15.7. The van der Waals surface area contributed by atoms with E-state index < -0.39 is 21.7 Å². The Morgan fingerprint density at radius 1 is 0.848 bits per heavy atom. The van der Waals surface area contributed by atoms with Gasteiger partial charge in [-0.05, 0) is 42.5 Å². The minimum absolute atomic E-state index is 0.00853. The molecule has 0 aliphatic rings. The molecule has 7 nitrogen and oxygen atoms in total. The smallest absolute Gasteiger partial charge is 0.267 e. The van der Waals surface area contributed by atoms with Gasteiger partial charge >= 0.3 is 0 Å². The number of hydrazine groups is 1. The Bertz CT molecular complexity index is 1490. The second-order valence-corrected chi connectivity index (χ2v) is 9.74. The van der Waals surface area contributed by atoms with Crippen LogP contribution in [0.1, 0.15) is 20.7 Å². The summed E-state index contributed by atoms with van der Waals surface area (Å²) in [6.07, 6.45) is 1.05. The summed E-state index contributed by atoms with van der Waals surface area (Å²) in [6.45, 7) is 0. The molecule has 0 saturated heterocycles. The summed E-state index contributed by atoms with van der Waals surface area (Å²) in [7, 11) is -3.47. The molecular formula is C24H18ClN3O4S. The minimum Gasteiger partial charge on any atom is -0.267 e. The number of rotatable bonds is 4. The Balaban J connectivity index is 1.62. The van der Waals surface area contributed by atoms with Gasteiger partial charge in [0.25, 0.3) is 11.8 Å². The summed E-state index contributed by atoms with van der Waals surface area (Å²) < 4.78 is 23.5. The van der Waals surface area contributed by atoms with Gasteiger partial charge in [0, 0.05) is 27.8 Å². The zero-order valence-corrected chi connectivity index (χ0v) is 18.9. The van der Waals surface area contributed by atoms with Gasteiger partial charge in [-0.2, -0.15) is 0 Å². The zero-order valence-electron chi connectivity index (χ0n) is 17.4. The molecule has 0 fully saturated rings. The molecule has 3 aromatic carbocycles. The molecule has 0 spiro atoms. The number of benzene rings is 3. The molecule has 0 bridgehead atoms. The largest absolute Gasteiger partial charge is 0.270 e. The molecule has 0 radical (unpaired) electrons. The molecule has 0 unspecified atom stereocenters. The van der Waals surface area contributed by atoms with Crippen molar-refractivity contribution in [3.8, 4) is 11.3 Å². The highest BCUT2D eigenvalue weighted by Gasteiger charge is 2.16. The number of halogens is 1. The third-order valence-corrected chi connectivity index (χ3v) is 6.28. The zero-order chi connectivity index (χ0) is 23.6. The van der Waals surface area contributed by atoms with Crippen molar-refractivity contribution in [2.24, 2.45) is 0 Å². The predicted octanol–water partition coefficient (Wildman–Crippen LogP) is 4.03. The second-order valence-electron chi connectivity index (χ2n) is 7.29. The van der Waals surface area contributed by atoms with Crippen LogP contribution in [0, 0.1) is 0 Å². The molecule has 0 saturated carbocycles. The van der Waals surface area contributed by atoms with Gasteiger partial charge in [-0.25, -0.2) is 13.4 Å². The summed E-state index contributed by atoms with van der Waals surface area (Å²) in [4.78, 5) is 30.1. The Labute approximate surface area is 195 Å². The third-order valence-electron chi connectivity index (χ3n) is 4.91. The van der Waals surface area contributed by atoms with Crippen LogP contribution in [0.3, 0.4) is 0 Å². The number of sulfone groups is 1. The number of hydrogen-bond acceptors (Lipinski definition) is 5. The van der Waals surface area contributed by atoms with E-state index in [0.717, 1.165) is 11.8 Å². The lowest BCUT2D eigenvalue weighted by Crippen LogP contribution is -2.41. The van der Waals surface area contributed by atoms with E-state index in [9.17, 15) is 18.0 Å². The summed E-state index contributed by atoms with van der Waals surface area (Å²) in [5.41, 5.74) is 7.11. The van der Waals surface area contributed by atoms with Gasteiger partial charge in [-0.1, -0.05) is 48.0 Å². The van der Waals surface area contributed by atoms with Crippen molar-refractivity contribution in [1.29, 1.82) is 0 Å². The number of nitrogens with zero attached hydrogens (tertiary/aromatic N) is 1. The number of fused-ring (bicyclic) bond motifs is 1. The van der Waals surface area contributed by atoms with Gasteiger partial charge in [-0.15, -0.1) is 0 Å². The molecule has 0 aliphatic heterocycles. The molecule has 1 heterocycles. The number of amides is 2. The van der Waals surface area contributed by atoms with E-state index in [-0.39, 0.29) is 10.5 Å². The van der Waals surface area contributed by atoms with Crippen LogP contribution < -0.4 is 10.9 Å². The van der Waals surface area contributed by atoms with Crippen molar-refractivity contribution in [3.63, 3.8) is 0 Å². The van der Waals surface area contributed by atoms with Crippen LogP contribution in [-0.4, -0.2) is 31.5 Å². The molecule has 33 heavy (non-hydrogen) atoms. The number of hydrogen-bond donors (Lipinski definition) is 2. The quantitative estimate of drug-likeness (QED) is 0.430. The Kier molecular flexibility index (Phi) is 6.13. The highest BCUT2D eigenvalue weighted by Crippen LogP contribution is 2.26. The molecule has 166 valence electrons. The highest BCUT2D eigenvalue weighted by atomic mass is 35.5. The fourth-order valence-electron chi connectivity index (χ4n) is 3.25. The maximum Gasteiger partial charge on any atom is 0.270 e. The summed E-state index contributed by atoms with van der Waals surface area (Å²) in [5.74, 6) is -1.19. The predicted molar refractivity (Wildman–Crippen MR) is 127 cm³/mol. The van der Waals surface area contributed by atoms with E-state index in [0.29, 0.717) is 27.2 Å². The first-order valence-corrected chi connectivity index (χ1v) is 12.1. The van der Waals surface area contributed by atoms with Gasteiger partial charge in [0.05, 0.1) is 21.7 Å². The molecule has 0 atom stereocenters. The summed E-state index contributed by atoms with van der Waals surface area (Å²) >= 11 is 5.97. The lowest BCUT2D eigenvalue weighted by molar-refractivity contribution is 0.0847. The van der Waals surface area contributed by atoms with Crippen LogP contribution in [-0.2, 0) is 9.84 Å². The number of aromatic nitrogens is 1. The lowest BCUT2D eigenvalue weighted by atomic mass is 10.0. The van der Waals surface area contributed by atoms with Gasteiger partial charge in [0.1, 0.15) is 0 Å². The monoisotopic (exact) mass is 479 g/mol. The average molecular weight is 480 g/mol. The van der Waals surface area contributed by atoms with Crippen molar-refractivity contribution in [2.45, 2.75) is 4.90 Å². The number of nitrogens with one attached hydrogen (secondary N) is 2. The molecule has 1 aromatic heterocycles. The van der Waals surface area contributed by atoms with Gasteiger partial charge in [0.15, 0.2) is 9.84 Å². The van der Waals surface area contributed by atoms with Crippen LogP contribution in [0.2, 0.25) is 5.02 Å². The van der Waals surface area contributed by atoms with E-state index >= 15 is 0 Å². The van der Waals surface area contributed by atoms with Crippen LogP contribution in [0.4, 0.5) is 0 Å². The Morgan fingerprint density at radius 2 is 1.55 bits per heavy atom. The fourth-order valence-corrected chi connectivity index (χ4v) is 4.05. The van der Waals surface area contributed by atoms with Crippen molar-refractivity contribution in [2.75, 3.05) is 6.26 Å². The lowest BCUT2D eigenvalue weighted by Gasteiger charge is -2.12. The summed E-state index contributed by atoms with van der Waals surface area (Å²) in [5, 5.41) is 1.20. The van der Waals surface area contributed by atoms with Crippen molar-refractivity contribution < 1.29 is 18.0 Å². The standard InChI is InChI=1S/C24H18ClN3O4S/c1-33(31,32)18-6-4-5-16(13-18)23(29)27-28-24(30)20-14-22(15-9-11-17(25)12-10-15)26-21-8-3-2-7-19(20)21/h2-14H,1H3,(H,27,29)(H,28,30). The average Bonchev–Trinajstić information content (AvgIpc) is 2.81. The van der Waals surface area contributed by atoms with E-state index in [4.69, 9.17) is 11.6 Å². The van der Waals surface area contributed by atoms with Crippen molar-refractivity contribution in [1.82, 2.24) is 15.8 Å². The van der Waals surface area contributed by atoms with E-state index in [1.54, 1.807) is 48.5 Å². The normalized spacial score (nSPS) is 11.2. The van der Waals surface area contributed by atoms with Crippen LogP contribution >= 0.6 is 11.6 Å². The molecule has 0 aliphatic carbocycles. The second kappa shape index (κ2) is 9.01. The Morgan fingerprint density at radius 3 is 2.27 bits per heavy atom. The summed E-state index contributed by atoms with van der Waals surface area (Å²) in [6, 6.07) is 21.4. The fraction of sp³-hybridized carbons (Fsp3) is 0.0417. The topological polar surface area (TPSA) is 105 Å². The molecule has 2 N–H and O–H groups in total. The molecule has 2 amide bonds. The Hall–Kier alpha value is -3.75. The maximum absolute atomic E-state index is 13.0. The van der Waals surface area contributed by atoms with Crippen LogP contribution in [0.15, 0.2) is 83.8 Å². The van der Waals surface area contributed by atoms with Crippen LogP contribution in [0.5, 0.6) is 0 Å². The molecule has 4 aromatic rings. The van der Waals surface area contributed by atoms with Gasteiger partial charge in [0.2, 0.25) is 0 Å². The van der Waals surface area contributed by atoms with E-state index in [1.807, 2.05) is 6.07 Å². The highest BCUT2D eigenvalue weighted by molar-refractivity contribution is 7.90. The first kappa shape index (κ1) is 22.4. The minimum atomic E-state index is -3.47. The van der Waals surface area contributed by atoms with E-state index in [1.165, 1.54) is 24.3 Å². The number of para-hydroxylation sites is 1. The molecule has 9 heteroatoms. The van der Waals surface area contributed by atoms with Crippen LogP contribution in [0.25, 0.3) is 22.2 Å².